The monoisotopic (exact) mass is 142 g/mol. The van der Waals surface area contributed by atoms with Gasteiger partial charge in [-0.25, -0.2) is 5.48 Å². The first-order valence-corrected chi connectivity index (χ1v) is 2.98. The van der Waals surface area contributed by atoms with E-state index in [9.17, 15) is 4.79 Å². The van der Waals surface area contributed by atoms with Crippen LogP contribution in [0.4, 0.5) is 0 Å². The number of amides is 1. The van der Waals surface area contributed by atoms with Crippen LogP contribution < -0.4 is 5.48 Å². The molecule has 1 N–H and O–H groups in total. The zero-order valence-corrected chi connectivity index (χ0v) is 6.05. The first-order valence-electron chi connectivity index (χ1n) is 2.98. The molecule has 56 valence electrons. The minimum atomic E-state index is -0.597. The summed E-state index contributed by atoms with van der Waals surface area (Å²) < 4.78 is 0. The van der Waals surface area contributed by atoms with Crippen LogP contribution >= 0.6 is 0 Å². The second-order valence-electron chi connectivity index (χ2n) is 1.76. The van der Waals surface area contributed by atoms with Crippen LogP contribution in [0.3, 0.4) is 0 Å². The minimum absolute atomic E-state index is 0.382. The molecule has 0 aromatic carbocycles. The third-order valence-electron chi connectivity index (χ3n) is 1.08. The Balaban J connectivity index is 3.80. The third-order valence-corrected chi connectivity index (χ3v) is 1.08. The molecule has 0 aliphatic rings. The fourth-order valence-electron chi connectivity index (χ4n) is 0.507. The molecule has 1 amide bonds. The first-order chi connectivity index (χ1) is 4.76. The predicted octanol–water partition coefficient (Wildman–Crippen LogP) is 0.214. The smallest absolute Gasteiger partial charge is 0.260 e. The zero-order chi connectivity index (χ0) is 7.98. The number of hydroxylamine groups is 1. The van der Waals surface area contributed by atoms with Crippen molar-refractivity contribution in [2.24, 2.45) is 5.92 Å². The van der Waals surface area contributed by atoms with Crippen molar-refractivity contribution in [3.05, 3.63) is 0 Å². The summed E-state index contributed by atoms with van der Waals surface area (Å²) >= 11 is 0. The van der Waals surface area contributed by atoms with Crippen LogP contribution in [0.25, 0.3) is 0 Å². The van der Waals surface area contributed by atoms with Gasteiger partial charge in [-0.05, 0) is 6.42 Å². The van der Waals surface area contributed by atoms with Crippen LogP contribution in [0.2, 0.25) is 0 Å². The molecule has 0 aromatic heterocycles. The molecule has 0 radical (unpaired) electrons. The van der Waals surface area contributed by atoms with Gasteiger partial charge in [0, 0.05) is 0 Å². The fourth-order valence-corrected chi connectivity index (χ4v) is 0.507. The van der Waals surface area contributed by atoms with Gasteiger partial charge in [0.1, 0.15) is 5.92 Å². The van der Waals surface area contributed by atoms with E-state index in [0.717, 1.165) is 0 Å². The SMILES string of the molecule is CCC(C#N)C(=O)NOC. The molecule has 0 fully saturated rings. The number of nitrogens with one attached hydrogen (secondary N) is 1. The number of carbonyl (C=O) groups is 1. The van der Waals surface area contributed by atoms with E-state index < -0.39 is 5.92 Å². The summed E-state index contributed by atoms with van der Waals surface area (Å²) in [6, 6.07) is 1.84. The lowest BCUT2D eigenvalue weighted by molar-refractivity contribution is -0.133. The van der Waals surface area contributed by atoms with E-state index in [1.807, 2.05) is 6.07 Å². The number of hydrogen-bond donors (Lipinski definition) is 1. The number of nitriles is 1. The van der Waals surface area contributed by atoms with E-state index in [1.165, 1.54) is 7.11 Å². The molecule has 0 heterocycles. The van der Waals surface area contributed by atoms with Gasteiger partial charge < -0.3 is 0 Å². The fraction of sp³-hybridized carbons (Fsp3) is 0.667. The van der Waals surface area contributed by atoms with Gasteiger partial charge in [0.05, 0.1) is 13.2 Å². The zero-order valence-electron chi connectivity index (χ0n) is 6.05. The van der Waals surface area contributed by atoms with E-state index in [2.05, 4.69) is 10.3 Å². The molecule has 0 aliphatic carbocycles. The summed E-state index contributed by atoms with van der Waals surface area (Å²) in [5, 5.41) is 8.36. The van der Waals surface area contributed by atoms with Crippen molar-refractivity contribution >= 4 is 5.91 Å². The summed E-state index contributed by atoms with van der Waals surface area (Å²) in [6.07, 6.45) is 0.506. The van der Waals surface area contributed by atoms with Crippen LogP contribution in [0, 0.1) is 17.2 Å². The van der Waals surface area contributed by atoms with Gasteiger partial charge in [0.25, 0.3) is 5.91 Å². The van der Waals surface area contributed by atoms with Gasteiger partial charge in [-0.3, -0.25) is 9.63 Å². The Morgan fingerprint density at radius 1 is 1.90 bits per heavy atom. The highest BCUT2D eigenvalue weighted by Crippen LogP contribution is 1.98. The predicted molar refractivity (Wildman–Crippen MR) is 34.5 cm³/mol. The van der Waals surface area contributed by atoms with Crippen molar-refractivity contribution in [3.63, 3.8) is 0 Å². The topological polar surface area (TPSA) is 62.1 Å². The summed E-state index contributed by atoms with van der Waals surface area (Å²) in [7, 11) is 1.34. The minimum Gasteiger partial charge on any atom is -0.277 e. The van der Waals surface area contributed by atoms with Gasteiger partial charge in [0.2, 0.25) is 0 Å². The molecule has 0 saturated carbocycles. The average Bonchev–Trinajstić information content (AvgIpc) is 1.91. The van der Waals surface area contributed by atoms with E-state index in [1.54, 1.807) is 6.92 Å². The maximum Gasteiger partial charge on any atom is 0.260 e. The lowest BCUT2D eigenvalue weighted by atomic mass is 10.1. The lowest BCUT2D eigenvalue weighted by Crippen LogP contribution is -2.28. The maximum atomic E-state index is 10.7. The van der Waals surface area contributed by atoms with Gasteiger partial charge in [-0.1, -0.05) is 6.92 Å². The van der Waals surface area contributed by atoms with E-state index in [-0.39, 0.29) is 5.91 Å². The van der Waals surface area contributed by atoms with Crippen LogP contribution in [-0.2, 0) is 9.63 Å². The van der Waals surface area contributed by atoms with E-state index >= 15 is 0 Å². The highest BCUT2D eigenvalue weighted by Gasteiger charge is 2.13. The number of carbonyl (C=O) groups excluding carboxylic acids is 1. The van der Waals surface area contributed by atoms with Gasteiger partial charge in [0.15, 0.2) is 0 Å². The second-order valence-corrected chi connectivity index (χ2v) is 1.76. The number of rotatable bonds is 3. The lowest BCUT2D eigenvalue weighted by Gasteiger charge is -2.03. The van der Waals surface area contributed by atoms with Crippen molar-refractivity contribution in [1.82, 2.24) is 5.48 Å². The number of nitrogens with zero attached hydrogens (tertiary/aromatic N) is 1. The molecule has 0 bridgehead atoms. The molecular formula is C6H10N2O2. The first kappa shape index (κ1) is 8.92. The van der Waals surface area contributed by atoms with Crippen molar-refractivity contribution in [1.29, 1.82) is 5.26 Å². The van der Waals surface area contributed by atoms with Gasteiger partial charge >= 0.3 is 0 Å². The molecule has 4 nitrogen and oxygen atoms in total. The van der Waals surface area contributed by atoms with Crippen LogP contribution in [-0.4, -0.2) is 13.0 Å². The Kier molecular flexibility index (Phi) is 4.25. The summed E-state index contributed by atoms with van der Waals surface area (Å²) in [5.74, 6) is -0.979. The Hall–Kier alpha value is -1.08. The Labute approximate surface area is 59.7 Å². The van der Waals surface area contributed by atoms with Crippen molar-refractivity contribution < 1.29 is 9.63 Å². The van der Waals surface area contributed by atoms with Crippen molar-refractivity contribution in [2.75, 3.05) is 7.11 Å². The van der Waals surface area contributed by atoms with Crippen LogP contribution in [0.5, 0.6) is 0 Å². The van der Waals surface area contributed by atoms with Crippen LogP contribution in [0.1, 0.15) is 13.3 Å². The van der Waals surface area contributed by atoms with Crippen molar-refractivity contribution in [3.8, 4) is 6.07 Å². The summed E-state index contributed by atoms with van der Waals surface area (Å²) in [4.78, 5) is 15.1. The highest BCUT2D eigenvalue weighted by molar-refractivity contribution is 5.79. The molecule has 0 spiro atoms. The maximum absolute atomic E-state index is 10.7. The van der Waals surface area contributed by atoms with E-state index in [0.29, 0.717) is 6.42 Å². The van der Waals surface area contributed by atoms with Gasteiger partial charge in [-0.2, -0.15) is 5.26 Å². The largest absolute Gasteiger partial charge is 0.277 e. The Morgan fingerprint density at radius 3 is 2.80 bits per heavy atom. The molecule has 0 aliphatic heterocycles. The average molecular weight is 142 g/mol. The summed E-state index contributed by atoms with van der Waals surface area (Å²) in [5.41, 5.74) is 2.09. The number of hydrogen-bond acceptors (Lipinski definition) is 3. The van der Waals surface area contributed by atoms with E-state index in [4.69, 9.17) is 5.26 Å². The third kappa shape index (κ3) is 2.46. The molecule has 1 atom stereocenters. The Bertz CT molecular complexity index is 150. The second kappa shape index (κ2) is 4.77. The molecule has 1 unspecified atom stereocenters. The molecule has 4 heteroatoms. The molecular weight excluding hydrogens is 132 g/mol. The summed E-state index contributed by atoms with van der Waals surface area (Å²) in [6.45, 7) is 1.77. The van der Waals surface area contributed by atoms with Crippen molar-refractivity contribution in [2.45, 2.75) is 13.3 Å². The quantitative estimate of drug-likeness (QED) is 0.573. The Morgan fingerprint density at radius 2 is 2.50 bits per heavy atom. The van der Waals surface area contributed by atoms with Gasteiger partial charge in [-0.15, -0.1) is 0 Å². The molecule has 0 aromatic rings. The standard InChI is InChI=1S/C6H10N2O2/c1-3-5(4-7)6(9)8-10-2/h5H,3H2,1-2H3,(H,8,9). The highest BCUT2D eigenvalue weighted by atomic mass is 16.6. The molecule has 0 rings (SSSR count). The molecule has 0 saturated heterocycles. The van der Waals surface area contributed by atoms with Crippen LogP contribution in [0.15, 0.2) is 0 Å². The normalized spacial score (nSPS) is 11.7. The molecule has 10 heavy (non-hydrogen) atoms.